The van der Waals surface area contributed by atoms with Crippen LogP contribution in [-0.2, 0) is 25.7 Å². The number of amides is 2. The van der Waals surface area contributed by atoms with Crippen molar-refractivity contribution in [2.24, 2.45) is 16.2 Å². The Bertz CT molecular complexity index is 952. The van der Waals surface area contributed by atoms with Gasteiger partial charge in [-0.1, -0.05) is 51.5 Å². The van der Waals surface area contributed by atoms with Crippen LogP contribution >= 0.6 is 0 Å². The van der Waals surface area contributed by atoms with Gasteiger partial charge in [0.15, 0.2) is 0 Å². The Morgan fingerprint density at radius 3 is 1.97 bits per heavy atom. The van der Waals surface area contributed by atoms with Gasteiger partial charge in [0.1, 0.15) is 8.07 Å². The zero-order valence-electron chi connectivity index (χ0n) is 19.7. The van der Waals surface area contributed by atoms with Gasteiger partial charge in [-0.05, 0) is 43.9 Å². The van der Waals surface area contributed by atoms with Crippen molar-refractivity contribution >= 4 is 25.9 Å². The number of carbonyl (C=O) groups excluding carboxylic acids is 3. The van der Waals surface area contributed by atoms with Gasteiger partial charge in [-0.2, -0.15) is 0 Å². The number of ether oxygens (including phenoxy) is 1. The SMILES string of the molecule is COC(=O)[C@]1(C)CC2(C)C[C@](C)(C1)C(=O)N(Cc1ccc(C#C[Si](C)(C)C)cc1)C2=O. The number of hydrogen-bond acceptors (Lipinski definition) is 4. The summed E-state index contributed by atoms with van der Waals surface area (Å²) in [6, 6.07) is 7.75. The van der Waals surface area contributed by atoms with E-state index in [1.807, 2.05) is 45.0 Å². The van der Waals surface area contributed by atoms with E-state index in [4.69, 9.17) is 4.74 Å². The van der Waals surface area contributed by atoms with Gasteiger partial charge in [-0.25, -0.2) is 0 Å². The molecular weight excluding hydrogens is 406 g/mol. The molecule has 1 saturated carbocycles. The third kappa shape index (κ3) is 4.47. The summed E-state index contributed by atoms with van der Waals surface area (Å²) in [6.45, 7) is 12.4. The molecule has 1 aromatic carbocycles. The van der Waals surface area contributed by atoms with Gasteiger partial charge in [0.2, 0.25) is 11.8 Å². The van der Waals surface area contributed by atoms with Crippen molar-refractivity contribution in [3.63, 3.8) is 0 Å². The van der Waals surface area contributed by atoms with Crippen LogP contribution in [0, 0.1) is 27.7 Å². The highest BCUT2D eigenvalue weighted by molar-refractivity contribution is 6.83. The van der Waals surface area contributed by atoms with E-state index in [2.05, 4.69) is 31.1 Å². The van der Waals surface area contributed by atoms with E-state index in [9.17, 15) is 14.4 Å². The first-order chi connectivity index (χ1) is 14.2. The van der Waals surface area contributed by atoms with E-state index in [-0.39, 0.29) is 24.3 Å². The fourth-order valence-corrected chi connectivity index (χ4v) is 6.01. The minimum atomic E-state index is -1.45. The normalized spacial score (nSPS) is 30.5. The van der Waals surface area contributed by atoms with Gasteiger partial charge in [-0.15, -0.1) is 5.54 Å². The molecule has 0 radical (unpaired) electrons. The lowest BCUT2D eigenvalue weighted by Gasteiger charge is -2.55. The largest absolute Gasteiger partial charge is 0.469 e. The summed E-state index contributed by atoms with van der Waals surface area (Å²) in [4.78, 5) is 40.7. The predicted molar refractivity (Wildman–Crippen MR) is 122 cm³/mol. The Labute approximate surface area is 186 Å². The average molecular weight is 440 g/mol. The number of carbonyl (C=O) groups is 3. The number of piperidine rings is 1. The highest BCUT2D eigenvalue weighted by atomic mass is 28.3. The van der Waals surface area contributed by atoms with Crippen molar-refractivity contribution in [1.82, 2.24) is 4.90 Å². The lowest BCUT2D eigenvalue weighted by atomic mass is 9.52. The summed E-state index contributed by atoms with van der Waals surface area (Å²) in [7, 11) is -0.0938. The molecule has 3 rings (SSSR count). The maximum Gasteiger partial charge on any atom is 0.311 e. The second-order valence-electron chi connectivity index (χ2n) is 11.1. The molecule has 1 heterocycles. The Kier molecular flexibility index (Phi) is 5.73. The molecule has 1 aliphatic heterocycles. The highest BCUT2D eigenvalue weighted by Gasteiger charge is 2.63. The topological polar surface area (TPSA) is 63.7 Å². The lowest BCUT2D eigenvalue weighted by Crippen LogP contribution is -2.63. The first kappa shape index (κ1) is 23.3. The molecule has 1 unspecified atom stereocenters. The number of likely N-dealkylation sites (tertiary alicyclic amines) is 1. The number of hydrogen-bond donors (Lipinski definition) is 0. The first-order valence-corrected chi connectivity index (χ1v) is 14.3. The molecule has 31 heavy (non-hydrogen) atoms. The third-order valence-electron chi connectivity index (χ3n) is 6.42. The van der Waals surface area contributed by atoms with Gasteiger partial charge in [0, 0.05) is 16.4 Å². The summed E-state index contributed by atoms with van der Waals surface area (Å²) in [5.41, 5.74) is 2.79. The summed E-state index contributed by atoms with van der Waals surface area (Å²) < 4.78 is 5.01. The standard InChI is InChI=1S/C25H33NO4Si/c1-23-15-24(2,17-25(3,16-23)22(29)30-4)21(28)26(20(23)27)14-19-10-8-18(9-11-19)12-13-31(5,6)7/h8-11H,14-17H2,1-7H3/t23-,24?,25+/m1/s1. The van der Waals surface area contributed by atoms with Gasteiger partial charge >= 0.3 is 5.97 Å². The van der Waals surface area contributed by atoms with E-state index in [1.165, 1.54) is 12.0 Å². The van der Waals surface area contributed by atoms with E-state index >= 15 is 0 Å². The van der Waals surface area contributed by atoms with Crippen LogP contribution in [0.3, 0.4) is 0 Å². The molecule has 1 aromatic rings. The number of benzene rings is 1. The van der Waals surface area contributed by atoms with Crippen LogP contribution in [0.5, 0.6) is 0 Å². The Morgan fingerprint density at radius 1 is 1.00 bits per heavy atom. The van der Waals surface area contributed by atoms with Crippen LogP contribution in [-0.4, -0.2) is 37.9 Å². The fourth-order valence-electron chi connectivity index (χ4n) is 5.49. The highest BCUT2D eigenvalue weighted by Crippen LogP contribution is 2.58. The minimum absolute atomic E-state index is 0.201. The smallest absolute Gasteiger partial charge is 0.311 e. The second-order valence-corrected chi connectivity index (χ2v) is 15.8. The van der Waals surface area contributed by atoms with Crippen molar-refractivity contribution in [3.8, 4) is 11.5 Å². The van der Waals surface area contributed by atoms with Crippen molar-refractivity contribution in [1.29, 1.82) is 0 Å². The van der Waals surface area contributed by atoms with Gasteiger partial charge in [-0.3, -0.25) is 19.3 Å². The molecule has 1 saturated heterocycles. The number of fused-ring (bicyclic) bond motifs is 2. The maximum atomic E-state index is 13.4. The van der Waals surface area contributed by atoms with Crippen molar-refractivity contribution < 1.29 is 19.1 Å². The van der Waals surface area contributed by atoms with Crippen LogP contribution < -0.4 is 0 Å². The van der Waals surface area contributed by atoms with Crippen LogP contribution in [0.1, 0.15) is 51.2 Å². The number of imide groups is 1. The van der Waals surface area contributed by atoms with Crippen LogP contribution in [0.15, 0.2) is 24.3 Å². The van der Waals surface area contributed by atoms with Crippen LogP contribution in [0.25, 0.3) is 0 Å². The number of nitrogens with zero attached hydrogens (tertiary/aromatic N) is 1. The quantitative estimate of drug-likeness (QED) is 0.307. The molecule has 2 bridgehead atoms. The molecule has 1 aliphatic carbocycles. The molecule has 2 aliphatic rings. The zero-order chi connectivity index (χ0) is 23.2. The first-order valence-electron chi connectivity index (χ1n) is 10.8. The summed E-state index contributed by atoms with van der Waals surface area (Å²) in [6.07, 6.45) is 1.23. The van der Waals surface area contributed by atoms with Crippen LogP contribution in [0.2, 0.25) is 19.6 Å². The zero-order valence-corrected chi connectivity index (χ0v) is 20.7. The monoisotopic (exact) mass is 439 g/mol. The molecule has 2 fully saturated rings. The van der Waals surface area contributed by atoms with Crippen molar-refractivity contribution in [3.05, 3.63) is 35.4 Å². The summed E-state index contributed by atoms with van der Waals surface area (Å²) >= 11 is 0. The van der Waals surface area contributed by atoms with Crippen molar-refractivity contribution in [2.45, 2.75) is 66.2 Å². The van der Waals surface area contributed by atoms with Gasteiger partial charge in [0.05, 0.1) is 19.1 Å². The molecule has 0 aromatic heterocycles. The minimum Gasteiger partial charge on any atom is -0.469 e. The second kappa shape index (κ2) is 7.63. The molecular formula is C25H33NO4Si. The number of methoxy groups -OCH3 is 1. The Hall–Kier alpha value is -2.39. The summed E-state index contributed by atoms with van der Waals surface area (Å²) in [5.74, 6) is 2.47. The molecule has 2 amide bonds. The Morgan fingerprint density at radius 2 is 1.52 bits per heavy atom. The van der Waals surface area contributed by atoms with Gasteiger partial charge in [0.25, 0.3) is 0 Å². The van der Waals surface area contributed by atoms with Crippen LogP contribution in [0.4, 0.5) is 0 Å². The van der Waals surface area contributed by atoms with E-state index in [1.54, 1.807) is 0 Å². The van der Waals surface area contributed by atoms with E-state index in [0.717, 1.165) is 11.1 Å². The average Bonchev–Trinajstić information content (AvgIpc) is 2.67. The predicted octanol–water partition coefficient (Wildman–Crippen LogP) is 4.16. The van der Waals surface area contributed by atoms with Crippen molar-refractivity contribution in [2.75, 3.05) is 7.11 Å². The number of esters is 1. The third-order valence-corrected chi connectivity index (χ3v) is 7.29. The van der Waals surface area contributed by atoms with E-state index < -0.39 is 24.3 Å². The fraction of sp³-hybridized carbons (Fsp3) is 0.560. The molecule has 166 valence electrons. The Balaban J connectivity index is 1.86. The molecule has 3 atom stereocenters. The molecule has 6 heteroatoms. The number of rotatable bonds is 3. The maximum absolute atomic E-state index is 13.4. The lowest BCUT2D eigenvalue weighted by molar-refractivity contribution is -0.185. The molecule has 0 N–H and O–H groups in total. The molecule has 5 nitrogen and oxygen atoms in total. The van der Waals surface area contributed by atoms with Gasteiger partial charge < -0.3 is 4.74 Å². The summed E-state index contributed by atoms with van der Waals surface area (Å²) in [5, 5.41) is 0. The molecule has 0 spiro atoms. The van der Waals surface area contributed by atoms with E-state index in [0.29, 0.717) is 19.3 Å².